The lowest BCUT2D eigenvalue weighted by atomic mass is 9.81. The fraction of sp³-hybridized carbons (Fsp3) is 1.00. The fourth-order valence-corrected chi connectivity index (χ4v) is 3.39. The first-order valence-corrected chi connectivity index (χ1v) is 8.39. The number of nitrogens with one attached hydrogen (secondary N) is 1. The van der Waals surface area contributed by atoms with Crippen LogP contribution in [0.1, 0.15) is 33.6 Å². The molecule has 2 aliphatic rings. The minimum Gasteiger partial charge on any atom is -0.381 e. The Morgan fingerprint density at radius 3 is 2.40 bits per heavy atom. The highest BCUT2D eigenvalue weighted by atomic mass is 16.5. The summed E-state index contributed by atoms with van der Waals surface area (Å²) in [6, 6.07) is 0.561. The monoisotopic (exact) mass is 283 g/mol. The van der Waals surface area contributed by atoms with E-state index >= 15 is 0 Å². The van der Waals surface area contributed by atoms with E-state index < -0.39 is 0 Å². The van der Waals surface area contributed by atoms with Gasteiger partial charge in [-0.25, -0.2) is 0 Å². The molecule has 0 saturated carbocycles. The third kappa shape index (κ3) is 4.69. The molecule has 118 valence electrons. The van der Waals surface area contributed by atoms with Gasteiger partial charge in [-0.1, -0.05) is 20.8 Å². The van der Waals surface area contributed by atoms with Gasteiger partial charge in [-0.2, -0.15) is 0 Å². The Hall–Kier alpha value is -0.160. The zero-order valence-electron chi connectivity index (χ0n) is 13.7. The van der Waals surface area contributed by atoms with Crippen molar-refractivity contribution in [3.63, 3.8) is 0 Å². The van der Waals surface area contributed by atoms with Gasteiger partial charge in [0.15, 0.2) is 0 Å². The molecule has 0 aliphatic carbocycles. The van der Waals surface area contributed by atoms with Crippen LogP contribution in [-0.4, -0.2) is 74.9 Å². The van der Waals surface area contributed by atoms with Crippen LogP contribution in [-0.2, 0) is 4.74 Å². The van der Waals surface area contributed by atoms with Crippen LogP contribution in [0.3, 0.4) is 0 Å². The van der Waals surface area contributed by atoms with Crippen molar-refractivity contribution >= 4 is 0 Å². The molecule has 2 saturated heterocycles. The summed E-state index contributed by atoms with van der Waals surface area (Å²) >= 11 is 0. The molecule has 2 rings (SSSR count). The zero-order valence-corrected chi connectivity index (χ0v) is 13.7. The Kier molecular flexibility index (Phi) is 6.27. The van der Waals surface area contributed by atoms with E-state index in [9.17, 15) is 0 Å². The van der Waals surface area contributed by atoms with Gasteiger partial charge in [0.25, 0.3) is 0 Å². The van der Waals surface area contributed by atoms with Crippen LogP contribution >= 0.6 is 0 Å². The number of piperazine rings is 1. The molecule has 4 nitrogen and oxygen atoms in total. The van der Waals surface area contributed by atoms with Gasteiger partial charge >= 0.3 is 0 Å². The third-order valence-electron chi connectivity index (χ3n) is 4.76. The van der Waals surface area contributed by atoms with Crippen LogP contribution in [0.5, 0.6) is 0 Å². The average Bonchev–Trinajstić information content (AvgIpc) is 2.47. The molecular weight excluding hydrogens is 250 g/mol. The van der Waals surface area contributed by atoms with Gasteiger partial charge in [0.1, 0.15) is 0 Å². The molecule has 0 spiro atoms. The standard InChI is InChI=1S/C16H33N3O/c1-4-18-7-9-19(10-8-18)13-16(12-17-15(2)3)6-5-11-20-14-16/h15,17H,4-14H2,1-3H3. The first-order valence-electron chi connectivity index (χ1n) is 8.39. The van der Waals surface area contributed by atoms with Crippen molar-refractivity contribution in [1.82, 2.24) is 15.1 Å². The molecule has 0 aromatic rings. The number of nitrogens with zero attached hydrogens (tertiary/aromatic N) is 2. The highest BCUT2D eigenvalue weighted by molar-refractivity contribution is 4.89. The maximum Gasteiger partial charge on any atom is 0.0546 e. The van der Waals surface area contributed by atoms with Crippen LogP contribution in [0.2, 0.25) is 0 Å². The van der Waals surface area contributed by atoms with E-state index in [0.29, 0.717) is 11.5 Å². The van der Waals surface area contributed by atoms with Crippen LogP contribution in [0.15, 0.2) is 0 Å². The lowest BCUT2D eigenvalue weighted by Gasteiger charge is -2.44. The molecule has 0 amide bonds. The van der Waals surface area contributed by atoms with Gasteiger partial charge in [0.2, 0.25) is 0 Å². The largest absolute Gasteiger partial charge is 0.381 e. The topological polar surface area (TPSA) is 27.7 Å². The first kappa shape index (κ1) is 16.2. The van der Waals surface area contributed by atoms with Crippen molar-refractivity contribution in [3.8, 4) is 0 Å². The van der Waals surface area contributed by atoms with Crippen LogP contribution in [0.25, 0.3) is 0 Å². The van der Waals surface area contributed by atoms with Crippen molar-refractivity contribution in [3.05, 3.63) is 0 Å². The predicted octanol–water partition coefficient (Wildman–Crippen LogP) is 1.42. The average molecular weight is 283 g/mol. The van der Waals surface area contributed by atoms with E-state index in [1.165, 1.54) is 52.1 Å². The minimum absolute atomic E-state index is 0.330. The summed E-state index contributed by atoms with van der Waals surface area (Å²) < 4.78 is 5.82. The molecule has 1 unspecified atom stereocenters. The summed E-state index contributed by atoms with van der Waals surface area (Å²) in [5.74, 6) is 0. The van der Waals surface area contributed by atoms with Crippen LogP contribution in [0, 0.1) is 5.41 Å². The third-order valence-corrected chi connectivity index (χ3v) is 4.76. The molecule has 0 bridgehead atoms. The Balaban J connectivity index is 1.87. The molecule has 2 aliphatic heterocycles. The van der Waals surface area contributed by atoms with Crippen molar-refractivity contribution in [1.29, 1.82) is 0 Å². The summed E-state index contributed by atoms with van der Waals surface area (Å²) in [6.45, 7) is 17.0. The highest BCUT2D eigenvalue weighted by Gasteiger charge is 2.35. The summed E-state index contributed by atoms with van der Waals surface area (Å²) in [7, 11) is 0. The SMILES string of the molecule is CCN1CCN(CC2(CNC(C)C)CCCOC2)CC1. The normalized spacial score (nSPS) is 30.0. The summed E-state index contributed by atoms with van der Waals surface area (Å²) in [5.41, 5.74) is 0.330. The second kappa shape index (κ2) is 7.74. The maximum atomic E-state index is 5.82. The Bertz CT molecular complexity index is 269. The van der Waals surface area contributed by atoms with E-state index in [0.717, 1.165) is 19.8 Å². The molecule has 0 aromatic carbocycles. The van der Waals surface area contributed by atoms with Crippen molar-refractivity contribution < 1.29 is 4.74 Å². The van der Waals surface area contributed by atoms with Gasteiger partial charge < -0.3 is 19.9 Å². The number of hydrogen-bond donors (Lipinski definition) is 1. The van der Waals surface area contributed by atoms with Gasteiger partial charge in [0.05, 0.1) is 6.61 Å². The molecule has 4 heteroatoms. The number of likely N-dealkylation sites (N-methyl/N-ethyl adjacent to an activating group) is 1. The first-order chi connectivity index (χ1) is 9.63. The molecule has 0 aromatic heterocycles. The lowest BCUT2D eigenvalue weighted by molar-refractivity contribution is -0.0333. The molecule has 2 fully saturated rings. The van der Waals surface area contributed by atoms with Gasteiger partial charge in [-0.05, 0) is 19.4 Å². The zero-order chi connectivity index (χ0) is 14.4. The van der Waals surface area contributed by atoms with Crippen LogP contribution in [0.4, 0.5) is 0 Å². The molecule has 1 N–H and O–H groups in total. The molecule has 0 radical (unpaired) electrons. The van der Waals surface area contributed by atoms with Crippen molar-refractivity contribution in [2.24, 2.45) is 5.41 Å². The van der Waals surface area contributed by atoms with Gasteiger partial charge in [-0.3, -0.25) is 0 Å². The summed E-state index contributed by atoms with van der Waals surface area (Å²) in [6.07, 6.45) is 2.52. The summed E-state index contributed by atoms with van der Waals surface area (Å²) in [5, 5.41) is 3.65. The van der Waals surface area contributed by atoms with Gasteiger partial charge in [-0.15, -0.1) is 0 Å². The number of ether oxygens (including phenoxy) is 1. The molecule has 1 atom stereocenters. The van der Waals surface area contributed by atoms with Crippen molar-refractivity contribution in [2.45, 2.75) is 39.7 Å². The van der Waals surface area contributed by atoms with E-state index in [2.05, 4.69) is 35.9 Å². The van der Waals surface area contributed by atoms with E-state index in [1.54, 1.807) is 0 Å². The second-order valence-corrected chi connectivity index (χ2v) is 6.90. The lowest BCUT2D eigenvalue weighted by Crippen LogP contribution is -2.54. The fourth-order valence-electron chi connectivity index (χ4n) is 3.39. The van der Waals surface area contributed by atoms with Crippen molar-refractivity contribution in [2.75, 3.05) is 59.0 Å². The molecule has 20 heavy (non-hydrogen) atoms. The quantitative estimate of drug-likeness (QED) is 0.798. The van der Waals surface area contributed by atoms with E-state index in [-0.39, 0.29) is 0 Å². The van der Waals surface area contributed by atoms with E-state index in [4.69, 9.17) is 4.74 Å². The number of hydrogen-bond acceptors (Lipinski definition) is 4. The smallest absolute Gasteiger partial charge is 0.0546 e. The predicted molar refractivity (Wildman–Crippen MR) is 84.2 cm³/mol. The van der Waals surface area contributed by atoms with Crippen LogP contribution < -0.4 is 5.32 Å². The number of rotatable bonds is 6. The minimum atomic E-state index is 0.330. The highest BCUT2D eigenvalue weighted by Crippen LogP contribution is 2.29. The van der Waals surface area contributed by atoms with E-state index in [1.807, 2.05) is 0 Å². The maximum absolute atomic E-state index is 5.82. The summed E-state index contributed by atoms with van der Waals surface area (Å²) in [4.78, 5) is 5.20. The second-order valence-electron chi connectivity index (χ2n) is 6.90. The molecule has 2 heterocycles. The Labute approximate surface area is 124 Å². The molecular formula is C16H33N3O. The van der Waals surface area contributed by atoms with Gasteiger partial charge in [0, 0.05) is 57.3 Å². The Morgan fingerprint density at radius 2 is 1.85 bits per heavy atom. The Morgan fingerprint density at radius 1 is 1.15 bits per heavy atom.